The summed E-state index contributed by atoms with van der Waals surface area (Å²) in [5, 5.41) is 5.77. The average Bonchev–Trinajstić information content (AvgIpc) is 3.20. The molecular weight excluding hydrogens is 294 g/mol. The number of amides is 3. The lowest BCUT2D eigenvalue weighted by molar-refractivity contribution is -0.128. The first-order valence-electron chi connectivity index (χ1n) is 8.26. The summed E-state index contributed by atoms with van der Waals surface area (Å²) in [7, 11) is 0. The first-order valence-corrected chi connectivity index (χ1v) is 8.26. The molecule has 0 spiro atoms. The monoisotopic (exact) mass is 317 g/mol. The number of rotatable bonds is 5. The summed E-state index contributed by atoms with van der Waals surface area (Å²) in [6.45, 7) is 2.71. The highest BCUT2D eigenvalue weighted by Gasteiger charge is 2.29. The Bertz CT molecular complexity index is 567. The SMILES string of the molecule is C[C@H](Nc1ccc(OC2CCCC2)cc1)C(=O)N1CCNC1=O. The number of imide groups is 1. The number of carbonyl (C=O) groups excluding carboxylic acids is 2. The molecule has 3 rings (SSSR count). The van der Waals surface area contributed by atoms with E-state index in [4.69, 9.17) is 4.74 Å². The molecule has 2 N–H and O–H groups in total. The maximum atomic E-state index is 12.2. The molecule has 0 bridgehead atoms. The van der Waals surface area contributed by atoms with Crippen molar-refractivity contribution in [2.45, 2.75) is 44.8 Å². The van der Waals surface area contributed by atoms with Crippen LogP contribution in [0.5, 0.6) is 5.75 Å². The summed E-state index contributed by atoms with van der Waals surface area (Å²) < 4.78 is 5.92. The fourth-order valence-electron chi connectivity index (χ4n) is 3.06. The summed E-state index contributed by atoms with van der Waals surface area (Å²) >= 11 is 0. The van der Waals surface area contributed by atoms with Gasteiger partial charge in [0.15, 0.2) is 0 Å². The maximum Gasteiger partial charge on any atom is 0.324 e. The number of anilines is 1. The fourth-order valence-corrected chi connectivity index (χ4v) is 3.06. The zero-order chi connectivity index (χ0) is 16.2. The lowest BCUT2D eigenvalue weighted by atomic mass is 10.2. The van der Waals surface area contributed by atoms with E-state index in [2.05, 4.69) is 10.6 Å². The van der Waals surface area contributed by atoms with Crippen LogP contribution in [0, 0.1) is 0 Å². The number of urea groups is 1. The molecule has 2 aliphatic rings. The number of carbonyl (C=O) groups is 2. The summed E-state index contributed by atoms with van der Waals surface area (Å²) in [5.41, 5.74) is 0.837. The minimum absolute atomic E-state index is 0.216. The van der Waals surface area contributed by atoms with Crippen LogP contribution in [0.25, 0.3) is 0 Å². The Morgan fingerprint density at radius 2 is 2.00 bits per heavy atom. The molecule has 1 aliphatic carbocycles. The third-order valence-corrected chi connectivity index (χ3v) is 4.34. The Kier molecular flexibility index (Phi) is 4.69. The van der Waals surface area contributed by atoms with Crippen molar-refractivity contribution in [1.29, 1.82) is 0 Å². The summed E-state index contributed by atoms with van der Waals surface area (Å²) in [5.74, 6) is 0.645. The molecule has 0 unspecified atom stereocenters. The first kappa shape index (κ1) is 15.6. The Morgan fingerprint density at radius 3 is 2.61 bits per heavy atom. The minimum Gasteiger partial charge on any atom is -0.490 e. The number of nitrogens with one attached hydrogen (secondary N) is 2. The zero-order valence-corrected chi connectivity index (χ0v) is 13.4. The molecule has 3 amide bonds. The number of nitrogens with zero attached hydrogens (tertiary/aromatic N) is 1. The maximum absolute atomic E-state index is 12.2. The normalized spacial score (nSPS) is 19.5. The molecule has 1 atom stereocenters. The van der Waals surface area contributed by atoms with Crippen LogP contribution in [-0.2, 0) is 4.79 Å². The largest absolute Gasteiger partial charge is 0.490 e. The molecule has 1 aromatic carbocycles. The topological polar surface area (TPSA) is 70.7 Å². The van der Waals surface area contributed by atoms with Crippen LogP contribution in [0.2, 0.25) is 0 Å². The predicted octanol–water partition coefficient (Wildman–Crippen LogP) is 2.36. The second-order valence-corrected chi connectivity index (χ2v) is 6.14. The third-order valence-electron chi connectivity index (χ3n) is 4.34. The van der Waals surface area contributed by atoms with Gasteiger partial charge in [0.25, 0.3) is 5.91 Å². The van der Waals surface area contributed by atoms with Crippen LogP contribution < -0.4 is 15.4 Å². The molecule has 23 heavy (non-hydrogen) atoms. The van der Waals surface area contributed by atoms with Crippen LogP contribution in [-0.4, -0.2) is 42.1 Å². The van der Waals surface area contributed by atoms with Crippen molar-refractivity contribution in [3.05, 3.63) is 24.3 Å². The Balaban J connectivity index is 1.54. The summed E-state index contributed by atoms with van der Waals surface area (Å²) in [6.07, 6.45) is 5.08. The highest BCUT2D eigenvalue weighted by molar-refractivity contribution is 5.99. The molecule has 6 nitrogen and oxygen atoms in total. The molecule has 1 saturated heterocycles. The molecule has 1 aromatic rings. The highest BCUT2D eigenvalue weighted by Crippen LogP contribution is 2.25. The second kappa shape index (κ2) is 6.89. The standard InChI is InChI=1S/C17H23N3O3/c1-12(16(21)20-11-10-18-17(20)22)19-13-6-8-15(9-7-13)23-14-4-2-3-5-14/h6-9,12,14,19H,2-5,10-11H2,1H3,(H,18,22)/t12-/m0/s1. The predicted molar refractivity (Wildman–Crippen MR) is 87.5 cm³/mol. The molecular formula is C17H23N3O3. The van der Waals surface area contributed by atoms with Gasteiger partial charge in [-0.05, 0) is 56.9 Å². The lowest BCUT2D eigenvalue weighted by Crippen LogP contribution is -2.43. The molecule has 6 heteroatoms. The van der Waals surface area contributed by atoms with Gasteiger partial charge in [0.2, 0.25) is 0 Å². The van der Waals surface area contributed by atoms with E-state index in [0.29, 0.717) is 19.2 Å². The molecule has 0 radical (unpaired) electrons. The molecule has 124 valence electrons. The van der Waals surface area contributed by atoms with E-state index in [1.807, 2.05) is 24.3 Å². The van der Waals surface area contributed by atoms with Crippen molar-refractivity contribution >= 4 is 17.6 Å². The van der Waals surface area contributed by atoms with Crippen LogP contribution in [0.15, 0.2) is 24.3 Å². The van der Waals surface area contributed by atoms with Crippen molar-refractivity contribution < 1.29 is 14.3 Å². The van der Waals surface area contributed by atoms with E-state index in [-0.39, 0.29) is 11.9 Å². The van der Waals surface area contributed by atoms with Crippen molar-refractivity contribution in [2.75, 3.05) is 18.4 Å². The van der Waals surface area contributed by atoms with Gasteiger partial charge in [-0.15, -0.1) is 0 Å². The fraction of sp³-hybridized carbons (Fsp3) is 0.529. The highest BCUT2D eigenvalue weighted by atomic mass is 16.5. The Morgan fingerprint density at radius 1 is 1.30 bits per heavy atom. The van der Waals surface area contributed by atoms with E-state index in [1.54, 1.807) is 6.92 Å². The van der Waals surface area contributed by atoms with Crippen LogP contribution in [0.1, 0.15) is 32.6 Å². The van der Waals surface area contributed by atoms with Gasteiger partial charge in [-0.2, -0.15) is 0 Å². The molecule has 1 heterocycles. The second-order valence-electron chi connectivity index (χ2n) is 6.14. The summed E-state index contributed by atoms with van der Waals surface area (Å²) in [6, 6.07) is 6.86. The smallest absolute Gasteiger partial charge is 0.324 e. The van der Waals surface area contributed by atoms with Crippen molar-refractivity contribution in [1.82, 2.24) is 10.2 Å². The van der Waals surface area contributed by atoms with E-state index in [0.717, 1.165) is 24.3 Å². The summed E-state index contributed by atoms with van der Waals surface area (Å²) in [4.78, 5) is 25.0. The molecule has 0 aromatic heterocycles. The van der Waals surface area contributed by atoms with Gasteiger partial charge in [-0.3, -0.25) is 9.69 Å². The van der Waals surface area contributed by atoms with Crippen LogP contribution in [0.3, 0.4) is 0 Å². The van der Waals surface area contributed by atoms with E-state index >= 15 is 0 Å². The molecule has 1 saturated carbocycles. The lowest BCUT2D eigenvalue weighted by Gasteiger charge is -2.20. The Labute approximate surface area is 136 Å². The molecule has 2 fully saturated rings. The zero-order valence-electron chi connectivity index (χ0n) is 13.4. The van der Waals surface area contributed by atoms with E-state index in [1.165, 1.54) is 17.7 Å². The number of ether oxygens (including phenoxy) is 1. The minimum atomic E-state index is -0.458. The Hall–Kier alpha value is -2.24. The van der Waals surface area contributed by atoms with Gasteiger partial charge >= 0.3 is 6.03 Å². The number of hydrogen-bond acceptors (Lipinski definition) is 4. The van der Waals surface area contributed by atoms with E-state index < -0.39 is 6.04 Å². The third kappa shape index (κ3) is 3.75. The van der Waals surface area contributed by atoms with Gasteiger partial charge in [0.1, 0.15) is 11.8 Å². The van der Waals surface area contributed by atoms with Crippen LogP contribution >= 0.6 is 0 Å². The van der Waals surface area contributed by atoms with Crippen molar-refractivity contribution in [2.24, 2.45) is 0 Å². The quantitative estimate of drug-likeness (QED) is 0.874. The van der Waals surface area contributed by atoms with Gasteiger partial charge in [0.05, 0.1) is 6.10 Å². The van der Waals surface area contributed by atoms with E-state index in [9.17, 15) is 9.59 Å². The number of benzene rings is 1. The van der Waals surface area contributed by atoms with Gasteiger partial charge in [-0.25, -0.2) is 4.79 Å². The molecule has 1 aliphatic heterocycles. The van der Waals surface area contributed by atoms with Crippen LogP contribution in [0.4, 0.5) is 10.5 Å². The van der Waals surface area contributed by atoms with Gasteiger partial charge in [-0.1, -0.05) is 0 Å². The average molecular weight is 317 g/mol. The van der Waals surface area contributed by atoms with Crippen molar-refractivity contribution in [3.8, 4) is 5.75 Å². The van der Waals surface area contributed by atoms with Crippen molar-refractivity contribution in [3.63, 3.8) is 0 Å². The number of hydrogen-bond donors (Lipinski definition) is 2. The van der Waals surface area contributed by atoms with Gasteiger partial charge in [0, 0.05) is 18.8 Å². The van der Waals surface area contributed by atoms with Gasteiger partial charge < -0.3 is 15.4 Å². The first-order chi connectivity index (χ1) is 11.1.